The molecule has 1 aromatic heterocycles. The predicted molar refractivity (Wildman–Crippen MR) is 87.5 cm³/mol. The number of aromatic hydroxyl groups is 1. The maximum Gasteiger partial charge on any atom is 0.180 e. The van der Waals surface area contributed by atoms with Crippen molar-refractivity contribution in [3.63, 3.8) is 0 Å². The maximum absolute atomic E-state index is 9.44. The highest BCUT2D eigenvalue weighted by Gasteiger charge is 2.16. The Hall–Kier alpha value is -1.85. The van der Waals surface area contributed by atoms with Crippen LogP contribution in [0.2, 0.25) is 0 Å². The summed E-state index contributed by atoms with van der Waals surface area (Å²) >= 11 is 1.62. The predicted octanol–water partition coefficient (Wildman–Crippen LogP) is 2.54. The van der Waals surface area contributed by atoms with Crippen molar-refractivity contribution in [2.45, 2.75) is 12.8 Å². The SMILES string of the molecule is Nc1nc2c(s1)CCN(CC=Cc1cccc(O)c1)CC2. The van der Waals surface area contributed by atoms with Gasteiger partial charge in [-0.2, -0.15) is 0 Å². The molecule has 0 unspecified atom stereocenters. The molecule has 1 aliphatic heterocycles. The Bertz CT molecular complexity index is 625. The summed E-state index contributed by atoms with van der Waals surface area (Å²) < 4.78 is 0. The Morgan fingerprint density at radius 1 is 1.33 bits per heavy atom. The number of fused-ring (bicyclic) bond motifs is 1. The van der Waals surface area contributed by atoms with Crippen molar-refractivity contribution in [3.05, 3.63) is 46.5 Å². The third-order valence-corrected chi connectivity index (χ3v) is 4.65. The van der Waals surface area contributed by atoms with Crippen LogP contribution in [-0.2, 0) is 12.8 Å². The van der Waals surface area contributed by atoms with Crippen molar-refractivity contribution >= 4 is 22.5 Å². The molecule has 5 heteroatoms. The van der Waals surface area contributed by atoms with Crippen LogP contribution in [0.3, 0.4) is 0 Å². The molecule has 21 heavy (non-hydrogen) atoms. The molecule has 0 atom stereocenters. The number of phenols is 1. The number of rotatable bonds is 3. The third-order valence-electron chi connectivity index (χ3n) is 3.66. The van der Waals surface area contributed by atoms with Crippen LogP contribution in [0.4, 0.5) is 5.13 Å². The molecule has 1 aliphatic rings. The molecule has 0 fully saturated rings. The first kappa shape index (κ1) is 14.1. The Kier molecular flexibility index (Phi) is 4.22. The Labute approximate surface area is 128 Å². The molecule has 0 saturated heterocycles. The van der Waals surface area contributed by atoms with Crippen molar-refractivity contribution in [3.8, 4) is 5.75 Å². The fourth-order valence-electron chi connectivity index (χ4n) is 2.58. The number of thiazole rings is 1. The highest BCUT2D eigenvalue weighted by molar-refractivity contribution is 7.15. The average molecular weight is 301 g/mol. The summed E-state index contributed by atoms with van der Waals surface area (Å²) in [5, 5.41) is 10.1. The van der Waals surface area contributed by atoms with Crippen LogP contribution in [0.25, 0.3) is 6.08 Å². The number of nitrogens with two attached hydrogens (primary N) is 1. The van der Waals surface area contributed by atoms with E-state index < -0.39 is 0 Å². The van der Waals surface area contributed by atoms with Gasteiger partial charge in [0.05, 0.1) is 5.69 Å². The standard InChI is InChI=1S/C16H19N3OS/c17-16-18-14-6-9-19(10-7-15(14)21-16)8-2-4-12-3-1-5-13(20)11-12/h1-5,11,20H,6-10H2,(H2,17,18). The summed E-state index contributed by atoms with van der Waals surface area (Å²) in [5.41, 5.74) is 7.97. The van der Waals surface area contributed by atoms with Gasteiger partial charge in [0.2, 0.25) is 0 Å². The van der Waals surface area contributed by atoms with Crippen molar-refractivity contribution in [2.24, 2.45) is 0 Å². The summed E-state index contributed by atoms with van der Waals surface area (Å²) in [7, 11) is 0. The Morgan fingerprint density at radius 3 is 3.05 bits per heavy atom. The van der Waals surface area contributed by atoms with Gasteiger partial charge in [0.25, 0.3) is 0 Å². The Morgan fingerprint density at radius 2 is 2.19 bits per heavy atom. The highest BCUT2D eigenvalue weighted by Crippen LogP contribution is 2.24. The van der Waals surface area contributed by atoms with Gasteiger partial charge in [0.15, 0.2) is 5.13 Å². The lowest BCUT2D eigenvalue weighted by Gasteiger charge is -2.17. The lowest BCUT2D eigenvalue weighted by Crippen LogP contribution is -2.26. The molecule has 3 N–H and O–H groups in total. The molecule has 0 saturated carbocycles. The van der Waals surface area contributed by atoms with Gasteiger partial charge in [-0.1, -0.05) is 24.3 Å². The highest BCUT2D eigenvalue weighted by atomic mass is 32.1. The minimum atomic E-state index is 0.306. The van der Waals surface area contributed by atoms with Crippen LogP contribution in [0.15, 0.2) is 30.3 Å². The van der Waals surface area contributed by atoms with E-state index in [0.717, 1.165) is 38.0 Å². The molecule has 0 amide bonds. The molecule has 4 nitrogen and oxygen atoms in total. The summed E-state index contributed by atoms with van der Waals surface area (Å²) in [6.07, 6.45) is 6.21. The number of nitrogens with zero attached hydrogens (tertiary/aromatic N) is 2. The van der Waals surface area contributed by atoms with E-state index in [1.54, 1.807) is 23.5 Å². The molecule has 1 aromatic carbocycles. The lowest BCUT2D eigenvalue weighted by molar-refractivity contribution is 0.318. The second-order valence-corrected chi connectivity index (χ2v) is 6.34. The van der Waals surface area contributed by atoms with E-state index in [1.165, 1.54) is 10.6 Å². The van der Waals surface area contributed by atoms with Gasteiger partial charge in [-0.25, -0.2) is 4.98 Å². The summed E-state index contributed by atoms with van der Waals surface area (Å²) in [6.45, 7) is 2.97. The molecule has 0 bridgehead atoms. The van der Waals surface area contributed by atoms with Crippen molar-refractivity contribution < 1.29 is 5.11 Å². The smallest absolute Gasteiger partial charge is 0.180 e. The number of anilines is 1. The van der Waals surface area contributed by atoms with E-state index >= 15 is 0 Å². The first-order valence-corrected chi connectivity index (χ1v) is 7.94. The van der Waals surface area contributed by atoms with E-state index in [-0.39, 0.29) is 0 Å². The zero-order valence-corrected chi connectivity index (χ0v) is 12.6. The minimum Gasteiger partial charge on any atom is -0.508 e. The summed E-state index contributed by atoms with van der Waals surface area (Å²) in [6, 6.07) is 7.30. The second-order valence-electron chi connectivity index (χ2n) is 5.22. The first-order chi connectivity index (χ1) is 10.2. The van der Waals surface area contributed by atoms with Crippen LogP contribution >= 0.6 is 11.3 Å². The van der Waals surface area contributed by atoms with Crippen LogP contribution in [0.1, 0.15) is 16.1 Å². The van der Waals surface area contributed by atoms with Crippen LogP contribution in [0, 0.1) is 0 Å². The maximum atomic E-state index is 9.44. The zero-order valence-electron chi connectivity index (χ0n) is 11.8. The molecule has 2 aromatic rings. The van der Waals surface area contributed by atoms with Gasteiger partial charge < -0.3 is 10.8 Å². The molecule has 2 heterocycles. The van der Waals surface area contributed by atoms with Gasteiger partial charge in [0, 0.05) is 30.9 Å². The van der Waals surface area contributed by atoms with Crippen molar-refractivity contribution in [1.82, 2.24) is 9.88 Å². The topological polar surface area (TPSA) is 62.4 Å². The van der Waals surface area contributed by atoms with E-state index in [0.29, 0.717) is 10.9 Å². The second kappa shape index (κ2) is 6.28. The summed E-state index contributed by atoms with van der Waals surface area (Å²) in [4.78, 5) is 8.17. The molecule has 3 rings (SSSR count). The van der Waals surface area contributed by atoms with Gasteiger partial charge >= 0.3 is 0 Å². The van der Waals surface area contributed by atoms with E-state index in [1.807, 2.05) is 12.1 Å². The molecule has 0 spiro atoms. The van der Waals surface area contributed by atoms with Gasteiger partial charge in [-0.15, -0.1) is 11.3 Å². The number of benzene rings is 1. The molecular formula is C16H19N3OS. The quantitative estimate of drug-likeness (QED) is 0.914. The number of aromatic nitrogens is 1. The number of nitrogen functional groups attached to an aromatic ring is 1. The first-order valence-electron chi connectivity index (χ1n) is 7.13. The van der Waals surface area contributed by atoms with Crippen LogP contribution in [0.5, 0.6) is 5.75 Å². The number of hydrogen-bond acceptors (Lipinski definition) is 5. The third kappa shape index (κ3) is 3.62. The van der Waals surface area contributed by atoms with E-state index in [2.05, 4.69) is 22.0 Å². The molecule has 0 radical (unpaired) electrons. The zero-order chi connectivity index (χ0) is 14.7. The monoisotopic (exact) mass is 301 g/mol. The molecular weight excluding hydrogens is 282 g/mol. The van der Waals surface area contributed by atoms with Crippen molar-refractivity contribution in [1.29, 1.82) is 0 Å². The van der Waals surface area contributed by atoms with Gasteiger partial charge in [-0.05, 0) is 24.1 Å². The van der Waals surface area contributed by atoms with Crippen molar-refractivity contribution in [2.75, 3.05) is 25.4 Å². The summed E-state index contributed by atoms with van der Waals surface area (Å²) in [5.74, 6) is 0.306. The number of phenolic OH excluding ortho intramolecular Hbond substituents is 1. The average Bonchev–Trinajstić information content (AvgIpc) is 2.71. The minimum absolute atomic E-state index is 0.306. The largest absolute Gasteiger partial charge is 0.508 e. The Balaban J connectivity index is 1.56. The van der Waals surface area contributed by atoms with Crippen LogP contribution in [-0.4, -0.2) is 34.6 Å². The van der Waals surface area contributed by atoms with E-state index in [9.17, 15) is 5.11 Å². The van der Waals surface area contributed by atoms with Gasteiger partial charge in [0.1, 0.15) is 5.75 Å². The molecule has 0 aliphatic carbocycles. The fourth-order valence-corrected chi connectivity index (χ4v) is 3.45. The fraction of sp³-hybridized carbons (Fsp3) is 0.312. The van der Waals surface area contributed by atoms with Gasteiger partial charge in [-0.3, -0.25) is 4.90 Å². The van der Waals surface area contributed by atoms with Crippen LogP contribution < -0.4 is 5.73 Å². The lowest BCUT2D eigenvalue weighted by atomic mass is 10.2. The normalized spacial score (nSPS) is 16.0. The molecule has 110 valence electrons. The number of hydrogen-bond donors (Lipinski definition) is 2. The van der Waals surface area contributed by atoms with E-state index in [4.69, 9.17) is 5.73 Å².